The van der Waals surface area contributed by atoms with E-state index in [1.54, 1.807) is 0 Å². The van der Waals surface area contributed by atoms with Crippen LogP contribution in [0.15, 0.2) is 18.2 Å². The van der Waals surface area contributed by atoms with Gasteiger partial charge < -0.3 is 25.0 Å². The molecule has 0 aromatic heterocycles. The number of nitrogens with zero attached hydrogens (tertiary/aromatic N) is 1. The Labute approximate surface area is 104 Å². The van der Waals surface area contributed by atoms with Crippen molar-refractivity contribution in [3.8, 4) is 11.5 Å². The van der Waals surface area contributed by atoms with E-state index in [2.05, 4.69) is 0 Å². The highest BCUT2D eigenvalue weighted by Crippen LogP contribution is 2.27. The summed E-state index contributed by atoms with van der Waals surface area (Å²) in [7, 11) is 1.42. The van der Waals surface area contributed by atoms with E-state index in [1.807, 2.05) is 0 Å². The van der Waals surface area contributed by atoms with E-state index >= 15 is 0 Å². The van der Waals surface area contributed by atoms with Gasteiger partial charge >= 0.3 is 0 Å². The van der Waals surface area contributed by atoms with E-state index in [4.69, 9.17) is 4.74 Å². The molecular weight excluding hydrogens is 238 g/mol. The SMILES string of the molecule is COc1ccc(C(=O)N2C[C@@H](O)[C@@H](O)C2)cc1O. The maximum atomic E-state index is 12.0. The number of phenols is 1. The van der Waals surface area contributed by atoms with Gasteiger partial charge in [-0.3, -0.25) is 4.79 Å². The van der Waals surface area contributed by atoms with Crippen LogP contribution in [0.4, 0.5) is 0 Å². The summed E-state index contributed by atoms with van der Waals surface area (Å²) >= 11 is 0. The quantitative estimate of drug-likeness (QED) is 0.666. The van der Waals surface area contributed by atoms with Gasteiger partial charge in [0.25, 0.3) is 5.91 Å². The minimum absolute atomic E-state index is 0.0901. The highest BCUT2D eigenvalue weighted by molar-refractivity contribution is 5.95. The molecule has 1 aromatic carbocycles. The second-order valence-corrected chi connectivity index (χ2v) is 4.23. The number of carbonyl (C=O) groups excluding carboxylic acids is 1. The Bertz CT molecular complexity index is 452. The number of rotatable bonds is 2. The van der Waals surface area contributed by atoms with Crippen LogP contribution in [0.25, 0.3) is 0 Å². The highest BCUT2D eigenvalue weighted by Gasteiger charge is 2.33. The van der Waals surface area contributed by atoms with E-state index in [0.717, 1.165) is 0 Å². The molecule has 1 fully saturated rings. The molecule has 18 heavy (non-hydrogen) atoms. The largest absolute Gasteiger partial charge is 0.504 e. The van der Waals surface area contributed by atoms with Crippen molar-refractivity contribution in [2.75, 3.05) is 20.2 Å². The van der Waals surface area contributed by atoms with E-state index in [9.17, 15) is 20.1 Å². The first-order valence-electron chi connectivity index (χ1n) is 5.55. The Morgan fingerprint density at radius 3 is 2.44 bits per heavy atom. The normalized spacial score (nSPS) is 23.2. The zero-order chi connectivity index (χ0) is 13.3. The molecule has 3 N–H and O–H groups in total. The van der Waals surface area contributed by atoms with Crippen LogP contribution >= 0.6 is 0 Å². The number of methoxy groups -OCH3 is 1. The molecule has 1 aromatic rings. The highest BCUT2D eigenvalue weighted by atomic mass is 16.5. The monoisotopic (exact) mass is 253 g/mol. The van der Waals surface area contributed by atoms with Gasteiger partial charge in [0, 0.05) is 18.7 Å². The van der Waals surface area contributed by atoms with Crippen LogP contribution in [0.1, 0.15) is 10.4 Å². The molecule has 1 saturated heterocycles. The predicted molar refractivity (Wildman–Crippen MR) is 62.6 cm³/mol. The van der Waals surface area contributed by atoms with Gasteiger partial charge in [-0.25, -0.2) is 0 Å². The van der Waals surface area contributed by atoms with Crippen LogP contribution in [-0.4, -0.2) is 58.5 Å². The Hall–Kier alpha value is -1.79. The molecule has 0 bridgehead atoms. The zero-order valence-electron chi connectivity index (χ0n) is 9.91. The molecule has 1 aliphatic rings. The van der Waals surface area contributed by atoms with Crippen molar-refractivity contribution in [1.82, 2.24) is 4.90 Å². The molecule has 1 amide bonds. The molecule has 0 radical (unpaired) electrons. The second kappa shape index (κ2) is 4.83. The average molecular weight is 253 g/mol. The smallest absolute Gasteiger partial charge is 0.254 e. The first kappa shape index (κ1) is 12.7. The molecule has 0 spiro atoms. The summed E-state index contributed by atoms with van der Waals surface area (Å²) in [5.41, 5.74) is 0.287. The summed E-state index contributed by atoms with van der Waals surface area (Å²) in [6, 6.07) is 4.32. The summed E-state index contributed by atoms with van der Waals surface area (Å²) < 4.78 is 4.88. The van der Waals surface area contributed by atoms with Crippen molar-refractivity contribution < 1.29 is 24.9 Å². The van der Waals surface area contributed by atoms with Crippen molar-refractivity contribution in [3.05, 3.63) is 23.8 Å². The molecule has 0 saturated carbocycles. The third-order valence-electron chi connectivity index (χ3n) is 2.97. The number of β-amino-alcohol motifs (C(OH)–C–C–N with tert-alkyl or cyclic N) is 2. The molecule has 98 valence electrons. The fourth-order valence-electron chi connectivity index (χ4n) is 1.94. The number of benzene rings is 1. The van der Waals surface area contributed by atoms with Crippen LogP contribution in [0, 0.1) is 0 Å². The number of aliphatic hydroxyl groups excluding tert-OH is 2. The van der Waals surface area contributed by atoms with Crippen molar-refractivity contribution in [2.45, 2.75) is 12.2 Å². The molecular formula is C12H15NO5. The maximum absolute atomic E-state index is 12.0. The summed E-state index contributed by atoms with van der Waals surface area (Å²) in [4.78, 5) is 13.4. The number of aromatic hydroxyl groups is 1. The standard InChI is InChI=1S/C12H15NO5/c1-18-11-3-2-7(4-8(11)14)12(17)13-5-9(15)10(16)6-13/h2-4,9-10,14-16H,5-6H2,1H3/t9-,10+. The lowest BCUT2D eigenvalue weighted by molar-refractivity contribution is 0.0572. The minimum Gasteiger partial charge on any atom is -0.504 e. The zero-order valence-corrected chi connectivity index (χ0v) is 9.91. The van der Waals surface area contributed by atoms with Gasteiger partial charge in [0.1, 0.15) is 0 Å². The summed E-state index contributed by atoms with van der Waals surface area (Å²) in [6.45, 7) is 0.180. The van der Waals surface area contributed by atoms with Gasteiger partial charge in [0.05, 0.1) is 19.3 Å². The number of amides is 1. The molecule has 1 heterocycles. The average Bonchev–Trinajstić information content (AvgIpc) is 2.68. The third kappa shape index (κ3) is 2.25. The van der Waals surface area contributed by atoms with Gasteiger partial charge in [0.2, 0.25) is 0 Å². The number of phenolic OH excluding ortho intramolecular Hbond substituents is 1. The van der Waals surface area contributed by atoms with E-state index in [-0.39, 0.29) is 36.1 Å². The predicted octanol–water partition coefficient (Wildman–Crippen LogP) is -0.422. The second-order valence-electron chi connectivity index (χ2n) is 4.23. The molecule has 0 aliphatic carbocycles. The third-order valence-corrected chi connectivity index (χ3v) is 2.97. The number of hydrogen-bond acceptors (Lipinski definition) is 5. The van der Waals surface area contributed by atoms with Crippen LogP contribution in [0.2, 0.25) is 0 Å². The molecule has 2 rings (SSSR count). The fourth-order valence-corrected chi connectivity index (χ4v) is 1.94. The summed E-state index contributed by atoms with van der Waals surface area (Å²) in [6.07, 6.45) is -1.83. The van der Waals surface area contributed by atoms with E-state index in [1.165, 1.54) is 30.2 Å². The van der Waals surface area contributed by atoms with Crippen LogP contribution in [0.5, 0.6) is 11.5 Å². The van der Waals surface area contributed by atoms with Gasteiger partial charge in [-0.05, 0) is 18.2 Å². The van der Waals surface area contributed by atoms with Crippen LogP contribution < -0.4 is 4.74 Å². The van der Waals surface area contributed by atoms with Crippen molar-refractivity contribution in [3.63, 3.8) is 0 Å². The van der Waals surface area contributed by atoms with Crippen molar-refractivity contribution in [1.29, 1.82) is 0 Å². The van der Waals surface area contributed by atoms with Crippen molar-refractivity contribution >= 4 is 5.91 Å². The maximum Gasteiger partial charge on any atom is 0.254 e. The lowest BCUT2D eigenvalue weighted by Crippen LogP contribution is -2.29. The van der Waals surface area contributed by atoms with Crippen LogP contribution in [0.3, 0.4) is 0 Å². The van der Waals surface area contributed by atoms with Gasteiger partial charge in [-0.15, -0.1) is 0 Å². The van der Waals surface area contributed by atoms with E-state index < -0.39 is 12.2 Å². The van der Waals surface area contributed by atoms with Crippen molar-refractivity contribution in [2.24, 2.45) is 0 Å². The number of ether oxygens (including phenoxy) is 1. The number of carbonyl (C=O) groups is 1. The van der Waals surface area contributed by atoms with E-state index in [0.29, 0.717) is 0 Å². The fraction of sp³-hybridized carbons (Fsp3) is 0.417. The van der Waals surface area contributed by atoms with Gasteiger partial charge in [-0.1, -0.05) is 0 Å². The Morgan fingerprint density at radius 2 is 1.94 bits per heavy atom. The summed E-state index contributed by atoms with van der Waals surface area (Å²) in [5, 5.41) is 28.4. The molecule has 1 aliphatic heterocycles. The summed E-state index contributed by atoms with van der Waals surface area (Å²) in [5.74, 6) is -0.180. The topological polar surface area (TPSA) is 90.2 Å². The number of hydrogen-bond donors (Lipinski definition) is 3. The lowest BCUT2D eigenvalue weighted by atomic mass is 10.2. The molecule has 6 heteroatoms. The number of aliphatic hydroxyl groups is 2. The molecule has 2 atom stereocenters. The number of likely N-dealkylation sites (tertiary alicyclic amines) is 1. The molecule has 0 unspecified atom stereocenters. The lowest BCUT2D eigenvalue weighted by Gasteiger charge is -2.15. The van der Waals surface area contributed by atoms with Crippen LogP contribution in [-0.2, 0) is 0 Å². The molecule has 6 nitrogen and oxygen atoms in total. The van der Waals surface area contributed by atoms with Gasteiger partial charge in [0.15, 0.2) is 11.5 Å². The first-order valence-corrected chi connectivity index (χ1v) is 5.55. The minimum atomic E-state index is -0.916. The Balaban J connectivity index is 2.17. The Morgan fingerprint density at radius 1 is 1.33 bits per heavy atom. The Kier molecular flexibility index (Phi) is 3.40. The first-order chi connectivity index (χ1) is 8.52. The van der Waals surface area contributed by atoms with Gasteiger partial charge in [-0.2, -0.15) is 0 Å².